The number of halogens is 4. The molecular formula is C8H4ClF3N2. The van der Waals surface area contributed by atoms with Crippen molar-refractivity contribution in [3.8, 4) is 0 Å². The molecule has 0 saturated carbocycles. The van der Waals surface area contributed by atoms with Gasteiger partial charge in [0.25, 0.3) is 6.43 Å². The van der Waals surface area contributed by atoms with Crippen LogP contribution in [0.1, 0.15) is 12.0 Å². The lowest BCUT2D eigenvalue weighted by atomic mass is 10.2. The summed E-state index contributed by atoms with van der Waals surface area (Å²) in [5, 5.41) is -0.0229. The zero-order valence-corrected chi connectivity index (χ0v) is 7.45. The van der Waals surface area contributed by atoms with E-state index in [1.807, 2.05) is 0 Å². The van der Waals surface area contributed by atoms with Crippen LogP contribution in [0.5, 0.6) is 0 Å². The number of H-pyrrole nitrogens is 1. The number of hydrogen-bond acceptors (Lipinski definition) is 1. The summed E-state index contributed by atoms with van der Waals surface area (Å²) in [6, 6.07) is 2.33. The number of nitrogens with one attached hydrogen (secondary N) is 1. The number of rotatable bonds is 1. The van der Waals surface area contributed by atoms with Crippen LogP contribution in [0.3, 0.4) is 0 Å². The van der Waals surface area contributed by atoms with Gasteiger partial charge in [0, 0.05) is 0 Å². The molecule has 1 aromatic heterocycles. The standard InChI is InChI=1S/C8H4ClF3N2/c9-8-13-4-2-1-3(7(11)12)5(10)6(4)14-8/h1-2,7H,(H,13,14). The third-order valence-electron chi connectivity index (χ3n) is 1.83. The van der Waals surface area contributed by atoms with Crippen LogP contribution in [0.15, 0.2) is 12.1 Å². The van der Waals surface area contributed by atoms with Gasteiger partial charge in [-0.3, -0.25) is 0 Å². The summed E-state index contributed by atoms with van der Waals surface area (Å²) >= 11 is 5.47. The molecule has 0 spiro atoms. The van der Waals surface area contributed by atoms with E-state index in [0.717, 1.165) is 6.07 Å². The van der Waals surface area contributed by atoms with Gasteiger partial charge in [-0.15, -0.1) is 0 Å². The molecule has 2 nitrogen and oxygen atoms in total. The third kappa shape index (κ3) is 1.33. The van der Waals surface area contributed by atoms with Gasteiger partial charge in [-0.2, -0.15) is 0 Å². The van der Waals surface area contributed by atoms with Crippen LogP contribution in [0.2, 0.25) is 5.28 Å². The number of aromatic amines is 1. The van der Waals surface area contributed by atoms with Crippen molar-refractivity contribution in [3.05, 3.63) is 28.8 Å². The van der Waals surface area contributed by atoms with Crippen molar-refractivity contribution >= 4 is 22.6 Å². The van der Waals surface area contributed by atoms with Crippen LogP contribution >= 0.6 is 11.6 Å². The minimum atomic E-state index is -2.85. The van der Waals surface area contributed by atoms with Crippen molar-refractivity contribution < 1.29 is 13.2 Å². The lowest BCUT2D eigenvalue weighted by Crippen LogP contribution is -1.91. The van der Waals surface area contributed by atoms with E-state index in [4.69, 9.17) is 11.6 Å². The van der Waals surface area contributed by atoms with Gasteiger partial charge in [0.05, 0.1) is 11.1 Å². The SMILES string of the molecule is Fc1c(C(F)F)ccc2[nH]c(Cl)nc12. The predicted octanol–water partition coefficient (Wildman–Crippen LogP) is 3.29. The highest BCUT2D eigenvalue weighted by Gasteiger charge is 2.17. The van der Waals surface area contributed by atoms with Crippen LogP contribution in [-0.4, -0.2) is 9.97 Å². The van der Waals surface area contributed by atoms with Crippen LogP contribution < -0.4 is 0 Å². The second-order valence-electron chi connectivity index (χ2n) is 2.69. The predicted molar refractivity (Wildman–Crippen MR) is 46.0 cm³/mol. The highest BCUT2D eigenvalue weighted by Crippen LogP contribution is 2.27. The van der Waals surface area contributed by atoms with Crippen molar-refractivity contribution in [2.45, 2.75) is 6.43 Å². The number of benzene rings is 1. The minimum Gasteiger partial charge on any atom is -0.328 e. The number of nitrogens with zero attached hydrogens (tertiary/aromatic N) is 1. The molecule has 0 bridgehead atoms. The van der Waals surface area contributed by atoms with Gasteiger partial charge in [-0.25, -0.2) is 18.2 Å². The van der Waals surface area contributed by atoms with Gasteiger partial charge in [0.1, 0.15) is 5.52 Å². The molecule has 1 heterocycles. The summed E-state index contributed by atoms with van der Waals surface area (Å²) < 4.78 is 37.8. The first-order valence-electron chi connectivity index (χ1n) is 3.71. The Balaban J connectivity index is 2.74. The fourth-order valence-corrected chi connectivity index (χ4v) is 1.38. The molecule has 0 saturated heterocycles. The van der Waals surface area contributed by atoms with E-state index in [2.05, 4.69) is 9.97 Å². The first kappa shape index (κ1) is 9.33. The molecule has 0 unspecified atom stereocenters. The van der Waals surface area contributed by atoms with Gasteiger partial charge in [0.2, 0.25) is 5.28 Å². The van der Waals surface area contributed by atoms with Crippen molar-refractivity contribution in [2.75, 3.05) is 0 Å². The van der Waals surface area contributed by atoms with Crippen molar-refractivity contribution in [3.63, 3.8) is 0 Å². The Kier molecular flexibility index (Phi) is 2.11. The quantitative estimate of drug-likeness (QED) is 0.785. The lowest BCUT2D eigenvalue weighted by molar-refractivity contribution is 0.146. The van der Waals surface area contributed by atoms with E-state index in [-0.39, 0.29) is 10.8 Å². The summed E-state index contributed by atoms with van der Waals surface area (Å²) in [6.45, 7) is 0. The number of imidazole rings is 1. The second-order valence-corrected chi connectivity index (χ2v) is 3.05. The Bertz CT molecular complexity index is 481. The van der Waals surface area contributed by atoms with Crippen LogP contribution in [0.25, 0.3) is 11.0 Å². The maximum atomic E-state index is 13.3. The van der Waals surface area contributed by atoms with E-state index in [1.54, 1.807) is 0 Å². The minimum absolute atomic E-state index is 0.0229. The van der Waals surface area contributed by atoms with Gasteiger partial charge in [-0.05, 0) is 23.7 Å². The van der Waals surface area contributed by atoms with Gasteiger partial charge in [0.15, 0.2) is 5.82 Å². The third-order valence-corrected chi connectivity index (χ3v) is 2.01. The van der Waals surface area contributed by atoms with Crippen LogP contribution in [0, 0.1) is 5.82 Å². The maximum Gasteiger partial charge on any atom is 0.266 e. The zero-order valence-electron chi connectivity index (χ0n) is 6.69. The Morgan fingerprint density at radius 1 is 1.36 bits per heavy atom. The molecule has 1 aromatic carbocycles. The first-order valence-corrected chi connectivity index (χ1v) is 4.09. The Labute approximate surface area is 81.7 Å². The van der Waals surface area contributed by atoms with Crippen LogP contribution in [-0.2, 0) is 0 Å². The largest absolute Gasteiger partial charge is 0.328 e. The van der Waals surface area contributed by atoms with E-state index < -0.39 is 17.8 Å². The van der Waals surface area contributed by atoms with Crippen molar-refractivity contribution in [1.82, 2.24) is 9.97 Å². The smallest absolute Gasteiger partial charge is 0.266 e. The van der Waals surface area contributed by atoms with Crippen molar-refractivity contribution in [1.29, 1.82) is 0 Å². The molecule has 0 aliphatic rings. The normalized spacial score (nSPS) is 11.5. The Morgan fingerprint density at radius 3 is 2.71 bits per heavy atom. The summed E-state index contributed by atoms with van der Waals surface area (Å²) in [4.78, 5) is 6.09. The molecule has 0 radical (unpaired) electrons. The Morgan fingerprint density at radius 2 is 2.07 bits per heavy atom. The molecule has 0 aliphatic heterocycles. The summed E-state index contributed by atoms with van der Waals surface area (Å²) in [7, 11) is 0. The van der Waals surface area contributed by atoms with E-state index >= 15 is 0 Å². The van der Waals surface area contributed by atoms with Crippen LogP contribution in [0.4, 0.5) is 13.2 Å². The zero-order chi connectivity index (χ0) is 10.3. The van der Waals surface area contributed by atoms with Crippen molar-refractivity contribution in [2.24, 2.45) is 0 Å². The molecule has 74 valence electrons. The number of fused-ring (bicyclic) bond motifs is 1. The molecule has 0 amide bonds. The molecule has 6 heteroatoms. The topological polar surface area (TPSA) is 28.7 Å². The number of aromatic nitrogens is 2. The molecule has 2 rings (SSSR count). The van der Waals surface area contributed by atoms with Gasteiger partial charge < -0.3 is 4.98 Å². The van der Waals surface area contributed by atoms with Gasteiger partial charge in [-0.1, -0.05) is 0 Å². The fourth-order valence-electron chi connectivity index (χ4n) is 1.20. The first-order chi connectivity index (χ1) is 6.59. The number of hydrogen-bond donors (Lipinski definition) is 1. The van der Waals surface area contributed by atoms with E-state index in [0.29, 0.717) is 5.52 Å². The summed E-state index contributed by atoms with van der Waals surface area (Å²) in [5.41, 5.74) is -0.523. The highest BCUT2D eigenvalue weighted by molar-refractivity contribution is 6.29. The second kappa shape index (κ2) is 3.16. The monoisotopic (exact) mass is 220 g/mol. The molecule has 0 fully saturated rings. The lowest BCUT2D eigenvalue weighted by Gasteiger charge is -2.00. The molecule has 1 N–H and O–H groups in total. The highest BCUT2D eigenvalue weighted by atomic mass is 35.5. The molecule has 14 heavy (non-hydrogen) atoms. The summed E-state index contributed by atoms with van der Waals surface area (Å²) in [5.74, 6) is -1.03. The summed E-state index contributed by atoms with van der Waals surface area (Å²) in [6.07, 6.45) is -2.85. The number of alkyl halides is 2. The van der Waals surface area contributed by atoms with E-state index in [1.165, 1.54) is 6.07 Å². The average molecular weight is 221 g/mol. The van der Waals surface area contributed by atoms with E-state index in [9.17, 15) is 13.2 Å². The average Bonchev–Trinajstić information content (AvgIpc) is 2.46. The maximum absolute atomic E-state index is 13.3. The fraction of sp³-hybridized carbons (Fsp3) is 0.125. The molecular weight excluding hydrogens is 217 g/mol. The van der Waals surface area contributed by atoms with Gasteiger partial charge >= 0.3 is 0 Å². The molecule has 2 aromatic rings. The molecule has 0 atom stereocenters. The molecule has 0 aliphatic carbocycles. The Hall–Kier alpha value is -1.23.